The Labute approximate surface area is 119 Å². The third-order valence-corrected chi connectivity index (χ3v) is 2.34. The number of carbonyl (C=O) groups excluding carboxylic acids is 1. The van der Waals surface area contributed by atoms with Crippen molar-refractivity contribution in [1.82, 2.24) is 10.2 Å². The van der Waals surface area contributed by atoms with E-state index in [4.69, 9.17) is 9.84 Å². The van der Waals surface area contributed by atoms with Crippen molar-refractivity contribution in [3.63, 3.8) is 0 Å². The Morgan fingerprint density at radius 1 is 1.30 bits per heavy atom. The van der Waals surface area contributed by atoms with Crippen LogP contribution in [0.1, 0.15) is 34.6 Å². The summed E-state index contributed by atoms with van der Waals surface area (Å²) in [6.07, 6.45) is -1.21. The van der Waals surface area contributed by atoms with E-state index in [-0.39, 0.29) is 13.1 Å². The summed E-state index contributed by atoms with van der Waals surface area (Å²) in [5, 5.41) is 20.9. The number of rotatable bonds is 7. The molecule has 0 radical (unpaired) electrons. The predicted molar refractivity (Wildman–Crippen MR) is 74.6 cm³/mol. The topological polar surface area (TPSA) is 99.1 Å². The van der Waals surface area contributed by atoms with Crippen molar-refractivity contribution in [2.75, 3.05) is 19.6 Å². The van der Waals surface area contributed by atoms with Gasteiger partial charge in [-0.2, -0.15) is 0 Å². The monoisotopic (exact) mass is 290 g/mol. The summed E-state index contributed by atoms with van der Waals surface area (Å²) in [6.45, 7) is 9.08. The molecule has 0 aliphatic rings. The van der Waals surface area contributed by atoms with E-state index in [0.717, 1.165) is 0 Å². The van der Waals surface area contributed by atoms with Gasteiger partial charge in [0.2, 0.25) is 0 Å². The van der Waals surface area contributed by atoms with Gasteiger partial charge in [0.15, 0.2) is 0 Å². The highest BCUT2D eigenvalue weighted by Crippen LogP contribution is 2.10. The smallest absolute Gasteiger partial charge is 0.410 e. The van der Waals surface area contributed by atoms with Gasteiger partial charge in [0.05, 0.1) is 6.10 Å². The van der Waals surface area contributed by atoms with Gasteiger partial charge in [0.25, 0.3) is 0 Å². The molecule has 0 aromatic carbocycles. The van der Waals surface area contributed by atoms with Gasteiger partial charge >= 0.3 is 12.1 Å². The first kappa shape index (κ1) is 18.7. The summed E-state index contributed by atoms with van der Waals surface area (Å²) < 4.78 is 5.24. The summed E-state index contributed by atoms with van der Waals surface area (Å²) in [5.41, 5.74) is -0.615. The Hall–Kier alpha value is -1.34. The number of aliphatic hydroxyl groups is 1. The normalized spacial score (nSPS) is 14.5. The number of aliphatic hydroxyl groups excluding tert-OH is 1. The van der Waals surface area contributed by atoms with E-state index in [0.29, 0.717) is 6.54 Å². The molecule has 7 nitrogen and oxygen atoms in total. The molecule has 3 N–H and O–H groups in total. The highest BCUT2D eigenvalue weighted by atomic mass is 16.6. The van der Waals surface area contributed by atoms with Crippen LogP contribution in [0.4, 0.5) is 4.79 Å². The average molecular weight is 290 g/mol. The molecule has 20 heavy (non-hydrogen) atoms. The van der Waals surface area contributed by atoms with Crippen molar-refractivity contribution in [1.29, 1.82) is 0 Å². The minimum Gasteiger partial charge on any atom is -0.480 e. The van der Waals surface area contributed by atoms with Crippen molar-refractivity contribution >= 4 is 12.1 Å². The third kappa shape index (κ3) is 8.71. The second kappa shape index (κ2) is 8.06. The number of amides is 1. The SMILES string of the molecule is CC(O)CN(CCNC(C)C(=O)O)C(=O)OC(C)(C)C. The van der Waals surface area contributed by atoms with E-state index < -0.39 is 29.8 Å². The fraction of sp³-hybridized carbons (Fsp3) is 0.846. The summed E-state index contributed by atoms with van der Waals surface area (Å²) in [4.78, 5) is 24.0. The third-order valence-electron chi connectivity index (χ3n) is 2.34. The van der Waals surface area contributed by atoms with Crippen LogP contribution in [0.25, 0.3) is 0 Å². The van der Waals surface area contributed by atoms with Crippen LogP contribution in [0, 0.1) is 0 Å². The van der Waals surface area contributed by atoms with Crippen molar-refractivity contribution in [3.8, 4) is 0 Å². The molecule has 0 bridgehead atoms. The first-order valence-electron chi connectivity index (χ1n) is 6.65. The molecule has 0 aliphatic heterocycles. The van der Waals surface area contributed by atoms with Crippen LogP contribution in [0.15, 0.2) is 0 Å². The minimum atomic E-state index is -0.954. The molecule has 0 fully saturated rings. The Morgan fingerprint density at radius 3 is 2.25 bits per heavy atom. The number of hydrogen-bond donors (Lipinski definition) is 3. The zero-order valence-electron chi connectivity index (χ0n) is 12.8. The predicted octanol–water partition coefficient (Wildman–Crippen LogP) is 0.667. The number of nitrogens with one attached hydrogen (secondary N) is 1. The van der Waals surface area contributed by atoms with Crippen LogP contribution in [-0.2, 0) is 9.53 Å². The van der Waals surface area contributed by atoms with E-state index in [9.17, 15) is 14.7 Å². The van der Waals surface area contributed by atoms with Crippen LogP contribution in [0.3, 0.4) is 0 Å². The maximum absolute atomic E-state index is 12.0. The molecule has 0 saturated carbocycles. The lowest BCUT2D eigenvalue weighted by atomic mass is 10.2. The quantitative estimate of drug-likeness (QED) is 0.637. The molecule has 118 valence electrons. The Morgan fingerprint density at radius 2 is 1.85 bits per heavy atom. The Kier molecular flexibility index (Phi) is 7.52. The number of hydrogen-bond acceptors (Lipinski definition) is 5. The molecule has 0 aromatic rings. The Bertz CT molecular complexity index is 325. The number of aliphatic carboxylic acids is 1. The van der Waals surface area contributed by atoms with Gasteiger partial charge in [-0.1, -0.05) is 0 Å². The molecular formula is C13H26N2O5. The van der Waals surface area contributed by atoms with Gasteiger partial charge in [0.1, 0.15) is 11.6 Å². The fourth-order valence-electron chi connectivity index (χ4n) is 1.41. The zero-order valence-corrected chi connectivity index (χ0v) is 12.8. The first-order chi connectivity index (χ1) is 9.03. The van der Waals surface area contributed by atoms with Gasteiger partial charge in [-0.25, -0.2) is 4.79 Å². The zero-order chi connectivity index (χ0) is 15.9. The van der Waals surface area contributed by atoms with Crippen LogP contribution in [-0.4, -0.2) is 64.6 Å². The Balaban J connectivity index is 4.42. The van der Waals surface area contributed by atoms with Crippen LogP contribution in [0.5, 0.6) is 0 Å². The summed E-state index contributed by atoms with van der Waals surface area (Å²) in [7, 11) is 0. The van der Waals surface area contributed by atoms with E-state index in [2.05, 4.69) is 5.32 Å². The van der Waals surface area contributed by atoms with Gasteiger partial charge in [-0.05, 0) is 34.6 Å². The van der Waals surface area contributed by atoms with Crippen LogP contribution in [0.2, 0.25) is 0 Å². The lowest BCUT2D eigenvalue weighted by Crippen LogP contribution is -2.45. The van der Waals surface area contributed by atoms with Crippen LogP contribution >= 0.6 is 0 Å². The van der Waals surface area contributed by atoms with Crippen molar-refractivity contribution in [2.24, 2.45) is 0 Å². The van der Waals surface area contributed by atoms with Crippen molar-refractivity contribution < 1.29 is 24.5 Å². The maximum atomic E-state index is 12.0. The lowest BCUT2D eigenvalue weighted by molar-refractivity contribution is -0.139. The molecule has 2 atom stereocenters. The van der Waals surface area contributed by atoms with E-state index in [1.54, 1.807) is 27.7 Å². The maximum Gasteiger partial charge on any atom is 0.410 e. The molecule has 0 heterocycles. The highest BCUT2D eigenvalue weighted by molar-refractivity contribution is 5.72. The van der Waals surface area contributed by atoms with E-state index >= 15 is 0 Å². The number of carboxylic acid groups (broad SMARTS) is 1. The van der Waals surface area contributed by atoms with Gasteiger partial charge in [-0.3, -0.25) is 4.79 Å². The summed E-state index contributed by atoms with van der Waals surface area (Å²) >= 11 is 0. The molecule has 7 heteroatoms. The number of nitrogens with zero attached hydrogens (tertiary/aromatic N) is 1. The molecule has 1 amide bonds. The standard InChI is InChI=1S/C13H26N2O5/c1-9(16)8-15(12(19)20-13(3,4)5)7-6-14-10(2)11(17)18/h9-10,14,16H,6-8H2,1-5H3,(H,17,18). The molecule has 0 rings (SSSR count). The van der Waals surface area contributed by atoms with E-state index in [1.807, 2.05) is 0 Å². The van der Waals surface area contributed by atoms with Crippen molar-refractivity contribution in [2.45, 2.75) is 52.4 Å². The molecule has 0 spiro atoms. The average Bonchev–Trinajstić information content (AvgIpc) is 2.24. The van der Waals surface area contributed by atoms with E-state index in [1.165, 1.54) is 11.8 Å². The highest BCUT2D eigenvalue weighted by Gasteiger charge is 2.23. The first-order valence-corrected chi connectivity index (χ1v) is 6.65. The summed E-state index contributed by atoms with van der Waals surface area (Å²) in [5.74, 6) is -0.954. The number of carboxylic acids is 1. The lowest BCUT2D eigenvalue weighted by Gasteiger charge is -2.28. The number of carbonyl (C=O) groups is 2. The molecule has 0 aliphatic carbocycles. The summed E-state index contributed by atoms with van der Waals surface area (Å²) in [6, 6.07) is -0.693. The van der Waals surface area contributed by atoms with Crippen LogP contribution < -0.4 is 5.32 Å². The molecular weight excluding hydrogens is 264 g/mol. The van der Waals surface area contributed by atoms with Gasteiger partial charge < -0.3 is 25.2 Å². The second-order valence-corrected chi connectivity index (χ2v) is 5.79. The minimum absolute atomic E-state index is 0.137. The van der Waals surface area contributed by atoms with Gasteiger partial charge in [0, 0.05) is 19.6 Å². The second-order valence-electron chi connectivity index (χ2n) is 5.79. The molecule has 2 unspecified atom stereocenters. The largest absolute Gasteiger partial charge is 0.480 e. The molecule has 0 aromatic heterocycles. The fourth-order valence-corrected chi connectivity index (χ4v) is 1.41. The van der Waals surface area contributed by atoms with Crippen molar-refractivity contribution in [3.05, 3.63) is 0 Å². The number of ether oxygens (including phenoxy) is 1. The molecule has 0 saturated heterocycles. The van der Waals surface area contributed by atoms with Gasteiger partial charge in [-0.15, -0.1) is 0 Å².